The van der Waals surface area contributed by atoms with Crippen molar-refractivity contribution in [1.29, 1.82) is 0 Å². The molecule has 58 valence electrons. The van der Waals surface area contributed by atoms with Gasteiger partial charge in [-0.3, -0.25) is 0 Å². The van der Waals surface area contributed by atoms with Crippen LogP contribution in [0.5, 0.6) is 0 Å². The summed E-state index contributed by atoms with van der Waals surface area (Å²) >= 11 is 7.70. The van der Waals surface area contributed by atoms with Crippen LogP contribution in [0, 0.1) is 3.57 Å². The molecule has 0 atom stereocenters. The zero-order valence-corrected chi connectivity index (χ0v) is 8.37. The molecule has 0 aliphatic heterocycles. The Balaban J connectivity index is 3.17. The first kappa shape index (κ1) is 9.31. The van der Waals surface area contributed by atoms with E-state index in [1.54, 1.807) is 18.2 Å². The fraction of sp³-hybridized carbons (Fsp3) is 0. The summed E-state index contributed by atoms with van der Waals surface area (Å²) in [6, 6.07) is 5.01. The zero-order chi connectivity index (χ0) is 8.43. The van der Waals surface area contributed by atoms with E-state index < -0.39 is 7.12 Å². The van der Waals surface area contributed by atoms with Crippen LogP contribution in [-0.4, -0.2) is 17.2 Å². The van der Waals surface area contributed by atoms with Gasteiger partial charge in [-0.1, -0.05) is 23.7 Å². The molecule has 1 aromatic rings. The summed E-state index contributed by atoms with van der Waals surface area (Å²) in [5.74, 6) is 0. The Morgan fingerprint density at radius 3 is 2.45 bits per heavy atom. The highest BCUT2D eigenvalue weighted by Crippen LogP contribution is 2.15. The Kier molecular flexibility index (Phi) is 3.18. The van der Waals surface area contributed by atoms with E-state index in [1.165, 1.54) is 0 Å². The lowest BCUT2D eigenvalue weighted by Crippen LogP contribution is -2.32. The Morgan fingerprint density at radius 1 is 1.36 bits per heavy atom. The lowest BCUT2D eigenvalue weighted by atomic mass is 9.80. The van der Waals surface area contributed by atoms with E-state index in [-0.39, 0.29) is 0 Å². The van der Waals surface area contributed by atoms with Gasteiger partial charge in [-0.15, -0.1) is 0 Å². The van der Waals surface area contributed by atoms with Gasteiger partial charge in [-0.25, -0.2) is 0 Å². The molecule has 0 aromatic heterocycles. The Morgan fingerprint density at radius 2 is 2.00 bits per heavy atom. The first-order valence-corrected chi connectivity index (χ1v) is 4.38. The summed E-state index contributed by atoms with van der Waals surface area (Å²) in [5.41, 5.74) is 0.443. The lowest BCUT2D eigenvalue weighted by molar-refractivity contribution is 0.425. The first-order chi connectivity index (χ1) is 5.13. The van der Waals surface area contributed by atoms with Crippen LogP contribution in [0.25, 0.3) is 0 Å². The van der Waals surface area contributed by atoms with Crippen molar-refractivity contribution in [2.75, 3.05) is 0 Å². The van der Waals surface area contributed by atoms with Gasteiger partial charge in [-0.2, -0.15) is 0 Å². The van der Waals surface area contributed by atoms with E-state index in [0.29, 0.717) is 14.1 Å². The summed E-state index contributed by atoms with van der Waals surface area (Å²) < 4.78 is 0.682. The molecule has 0 saturated heterocycles. The predicted octanol–water partition coefficient (Wildman–Crippen LogP) is 0.624. The second-order valence-electron chi connectivity index (χ2n) is 2.02. The van der Waals surface area contributed by atoms with Crippen molar-refractivity contribution in [3.8, 4) is 0 Å². The minimum absolute atomic E-state index is 0.443. The molecule has 0 fully saturated rings. The topological polar surface area (TPSA) is 40.5 Å². The minimum atomic E-state index is -1.44. The standard InChI is InChI=1S/C6H5BClIO2/c8-5-3-1-2-4(6(5)9)7(10)11/h1-3,10-11H. The van der Waals surface area contributed by atoms with E-state index in [1.807, 2.05) is 22.6 Å². The summed E-state index contributed by atoms with van der Waals surface area (Å²) in [6.07, 6.45) is 0. The molecule has 11 heavy (non-hydrogen) atoms. The molecule has 0 amide bonds. The minimum Gasteiger partial charge on any atom is -0.423 e. The molecule has 0 heterocycles. The second-order valence-corrected chi connectivity index (χ2v) is 3.50. The van der Waals surface area contributed by atoms with E-state index in [4.69, 9.17) is 21.6 Å². The summed E-state index contributed by atoms with van der Waals surface area (Å²) in [4.78, 5) is 0. The van der Waals surface area contributed by atoms with Crippen molar-refractivity contribution in [1.82, 2.24) is 0 Å². The van der Waals surface area contributed by atoms with Gasteiger partial charge in [0.25, 0.3) is 0 Å². The Bertz CT molecular complexity index is 267. The summed E-state index contributed by atoms with van der Waals surface area (Å²) in [7, 11) is -1.44. The third kappa shape index (κ3) is 2.08. The summed E-state index contributed by atoms with van der Waals surface area (Å²) in [5, 5.41) is 18.2. The fourth-order valence-electron chi connectivity index (χ4n) is 0.720. The van der Waals surface area contributed by atoms with Crippen molar-refractivity contribution in [2.24, 2.45) is 0 Å². The van der Waals surface area contributed by atoms with Gasteiger partial charge in [0, 0.05) is 3.57 Å². The van der Waals surface area contributed by atoms with Crippen LogP contribution in [0.1, 0.15) is 0 Å². The van der Waals surface area contributed by atoms with Crippen LogP contribution in [-0.2, 0) is 0 Å². The molecule has 0 unspecified atom stereocenters. The Labute approximate surface area is 83.5 Å². The first-order valence-electron chi connectivity index (χ1n) is 2.93. The summed E-state index contributed by atoms with van der Waals surface area (Å²) in [6.45, 7) is 0. The number of rotatable bonds is 1. The van der Waals surface area contributed by atoms with Gasteiger partial charge < -0.3 is 10.0 Å². The second kappa shape index (κ2) is 3.75. The maximum Gasteiger partial charge on any atom is 0.489 e. The maximum absolute atomic E-state index is 8.82. The van der Waals surface area contributed by atoms with Gasteiger partial charge in [0.2, 0.25) is 0 Å². The van der Waals surface area contributed by atoms with E-state index in [0.717, 1.165) is 0 Å². The molecule has 0 aliphatic rings. The highest BCUT2D eigenvalue weighted by Gasteiger charge is 2.15. The third-order valence-corrected chi connectivity index (χ3v) is 3.10. The third-order valence-electron chi connectivity index (χ3n) is 1.26. The van der Waals surface area contributed by atoms with Crippen LogP contribution >= 0.6 is 34.2 Å². The monoisotopic (exact) mass is 282 g/mol. The van der Waals surface area contributed by atoms with Gasteiger partial charge in [0.05, 0.1) is 5.02 Å². The molecule has 1 rings (SSSR count). The van der Waals surface area contributed by atoms with Crippen molar-refractivity contribution in [3.63, 3.8) is 0 Å². The van der Waals surface area contributed by atoms with Crippen molar-refractivity contribution in [2.45, 2.75) is 0 Å². The van der Waals surface area contributed by atoms with Crippen molar-refractivity contribution in [3.05, 3.63) is 26.8 Å². The fourth-order valence-corrected chi connectivity index (χ4v) is 1.54. The zero-order valence-electron chi connectivity index (χ0n) is 5.46. The SMILES string of the molecule is OB(O)c1cccc(Cl)c1I. The van der Waals surface area contributed by atoms with E-state index >= 15 is 0 Å². The molecule has 0 aliphatic carbocycles. The van der Waals surface area contributed by atoms with E-state index in [9.17, 15) is 0 Å². The lowest BCUT2D eigenvalue weighted by Gasteiger charge is -2.02. The number of hydrogen-bond donors (Lipinski definition) is 2. The molecule has 2 nitrogen and oxygen atoms in total. The quantitative estimate of drug-likeness (QED) is 0.586. The van der Waals surface area contributed by atoms with Crippen LogP contribution in [0.4, 0.5) is 0 Å². The molecular formula is C6H5BClIO2. The average molecular weight is 282 g/mol. The van der Waals surface area contributed by atoms with Crippen LogP contribution in [0.3, 0.4) is 0 Å². The average Bonchev–Trinajstić information content (AvgIpc) is 1.94. The predicted molar refractivity (Wildman–Crippen MR) is 54.0 cm³/mol. The maximum atomic E-state index is 8.82. The molecular weight excluding hydrogens is 277 g/mol. The van der Waals surface area contributed by atoms with Crippen LogP contribution < -0.4 is 5.46 Å². The number of halogens is 2. The number of hydrogen-bond acceptors (Lipinski definition) is 2. The molecule has 0 saturated carbocycles. The molecule has 0 spiro atoms. The van der Waals surface area contributed by atoms with E-state index in [2.05, 4.69) is 0 Å². The number of benzene rings is 1. The molecule has 5 heteroatoms. The molecule has 0 bridgehead atoms. The molecule has 2 N–H and O–H groups in total. The molecule has 0 radical (unpaired) electrons. The largest absolute Gasteiger partial charge is 0.489 e. The normalized spacial score (nSPS) is 9.82. The van der Waals surface area contributed by atoms with Crippen molar-refractivity contribution >= 4 is 46.8 Å². The van der Waals surface area contributed by atoms with Crippen molar-refractivity contribution < 1.29 is 10.0 Å². The van der Waals surface area contributed by atoms with Gasteiger partial charge in [-0.05, 0) is 34.1 Å². The van der Waals surface area contributed by atoms with Gasteiger partial charge >= 0.3 is 7.12 Å². The molecule has 1 aromatic carbocycles. The van der Waals surface area contributed by atoms with Gasteiger partial charge in [0.1, 0.15) is 0 Å². The van der Waals surface area contributed by atoms with Gasteiger partial charge in [0.15, 0.2) is 0 Å². The van der Waals surface area contributed by atoms with Crippen LogP contribution in [0.2, 0.25) is 5.02 Å². The highest BCUT2D eigenvalue weighted by molar-refractivity contribution is 14.1. The smallest absolute Gasteiger partial charge is 0.423 e. The van der Waals surface area contributed by atoms with Crippen LogP contribution in [0.15, 0.2) is 18.2 Å². The highest BCUT2D eigenvalue weighted by atomic mass is 127. The Hall–Kier alpha value is 0.225.